The molecule has 2 heterocycles. The third-order valence-corrected chi connectivity index (χ3v) is 2.13. The van der Waals surface area contributed by atoms with E-state index in [0.29, 0.717) is 13.2 Å². The van der Waals surface area contributed by atoms with Crippen molar-refractivity contribution in [1.82, 2.24) is 0 Å². The Labute approximate surface area is 59.5 Å². The Morgan fingerprint density at radius 1 is 0.900 bits per heavy atom. The largest absolute Gasteiger partial charge is 0.372 e. The van der Waals surface area contributed by atoms with E-state index in [0.717, 1.165) is 0 Å². The van der Waals surface area contributed by atoms with Gasteiger partial charge in [0.1, 0.15) is 12.2 Å². The van der Waals surface area contributed by atoms with Crippen LogP contribution in [-0.2, 0) is 9.47 Å². The summed E-state index contributed by atoms with van der Waals surface area (Å²) < 4.78 is 10.7. The van der Waals surface area contributed by atoms with Gasteiger partial charge in [-0.1, -0.05) is 0 Å². The van der Waals surface area contributed by atoms with E-state index in [1.165, 1.54) is 0 Å². The number of ether oxygens (including phenoxy) is 2. The molecule has 0 aromatic carbocycles. The van der Waals surface area contributed by atoms with Crippen LogP contribution in [0.1, 0.15) is 0 Å². The van der Waals surface area contributed by atoms with Crippen molar-refractivity contribution >= 4 is 0 Å². The van der Waals surface area contributed by atoms with E-state index in [1.54, 1.807) is 0 Å². The summed E-state index contributed by atoms with van der Waals surface area (Å²) in [5.41, 5.74) is 11.4. The van der Waals surface area contributed by atoms with Crippen LogP contribution in [0.5, 0.6) is 0 Å². The minimum Gasteiger partial charge on any atom is -0.372 e. The zero-order valence-corrected chi connectivity index (χ0v) is 5.69. The summed E-state index contributed by atoms with van der Waals surface area (Å²) in [7, 11) is 0. The number of hydrogen-bond acceptors (Lipinski definition) is 4. The minimum absolute atomic E-state index is 0.0264. The van der Waals surface area contributed by atoms with Crippen LogP contribution in [0, 0.1) is 0 Å². The van der Waals surface area contributed by atoms with Crippen molar-refractivity contribution in [1.29, 1.82) is 0 Å². The van der Waals surface area contributed by atoms with Crippen molar-refractivity contribution in [2.24, 2.45) is 11.5 Å². The topological polar surface area (TPSA) is 70.5 Å². The average molecular weight is 144 g/mol. The standard InChI is InChI=1S/C6H12N2O2/c7-3-1-9-6-4(8)2-10-5(3)6/h3-6H,1-2,7-8H2/t3-,4?,5?,6?/m1/s1. The molecule has 4 atom stereocenters. The highest BCUT2D eigenvalue weighted by Gasteiger charge is 2.44. The maximum Gasteiger partial charge on any atom is 0.103 e. The van der Waals surface area contributed by atoms with Crippen molar-refractivity contribution < 1.29 is 9.47 Å². The lowest BCUT2D eigenvalue weighted by Crippen LogP contribution is -2.39. The molecular weight excluding hydrogens is 132 g/mol. The third-order valence-electron chi connectivity index (χ3n) is 2.13. The van der Waals surface area contributed by atoms with E-state index in [-0.39, 0.29) is 24.3 Å². The summed E-state index contributed by atoms with van der Waals surface area (Å²) in [4.78, 5) is 0. The van der Waals surface area contributed by atoms with E-state index < -0.39 is 0 Å². The van der Waals surface area contributed by atoms with Crippen molar-refractivity contribution in [2.75, 3.05) is 13.2 Å². The summed E-state index contributed by atoms with van der Waals surface area (Å²) >= 11 is 0. The summed E-state index contributed by atoms with van der Waals surface area (Å²) in [5, 5.41) is 0. The van der Waals surface area contributed by atoms with Gasteiger partial charge in [0.05, 0.1) is 25.3 Å². The first-order valence-corrected chi connectivity index (χ1v) is 3.53. The highest BCUT2D eigenvalue weighted by atomic mass is 16.6. The normalized spacial score (nSPS) is 53.4. The molecule has 4 heteroatoms. The number of rotatable bonds is 0. The Balaban J connectivity index is 2.09. The number of hydrogen-bond donors (Lipinski definition) is 2. The number of nitrogens with two attached hydrogens (primary N) is 2. The van der Waals surface area contributed by atoms with Gasteiger partial charge < -0.3 is 20.9 Å². The SMILES string of the molecule is NC1COC2C1OC[C@H]2N. The Morgan fingerprint density at radius 2 is 1.30 bits per heavy atom. The monoisotopic (exact) mass is 144 g/mol. The van der Waals surface area contributed by atoms with E-state index in [1.807, 2.05) is 0 Å². The van der Waals surface area contributed by atoms with Crippen LogP contribution in [0.4, 0.5) is 0 Å². The van der Waals surface area contributed by atoms with E-state index in [2.05, 4.69) is 0 Å². The van der Waals surface area contributed by atoms with Gasteiger partial charge in [-0.25, -0.2) is 0 Å². The molecule has 2 saturated heterocycles. The fraction of sp³-hybridized carbons (Fsp3) is 1.00. The molecule has 2 fully saturated rings. The zero-order valence-electron chi connectivity index (χ0n) is 5.69. The predicted octanol–water partition coefficient (Wildman–Crippen LogP) is -1.56. The lowest BCUT2D eigenvalue weighted by atomic mass is 10.1. The molecule has 0 radical (unpaired) electrons. The smallest absolute Gasteiger partial charge is 0.103 e. The zero-order chi connectivity index (χ0) is 7.14. The van der Waals surface area contributed by atoms with Gasteiger partial charge in [0.25, 0.3) is 0 Å². The quantitative estimate of drug-likeness (QED) is 0.431. The van der Waals surface area contributed by atoms with Crippen molar-refractivity contribution in [2.45, 2.75) is 24.3 Å². The van der Waals surface area contributed by atoms with Gasteiger partial charge in [-0.05, 0) is 0 Å². The van der Waals surface area contributed by atoms with Crippen LogP contribution < -0.4 is 11.5 Å². The Bertz CT molecular complexity index is 126. The third kappa shape index (κ3) is 0.769. The summed E-state index contributed by atoms with van der Waals surface area (Å²) in [6.07, 6.45) is 0.102. The second kappa shape index (κ2) is 2.17. The summed E-state index contributed by atoms with van der Waals surface area (Å²) in [6, 6.07) is 0.0529. The van der Waals surface area contributed by atoms with Crippen LogP contribution in [-0.4, -0.2) is 37.5 Å². The van der Waals surface area contributed by atoms with Crippen LogP contribution in [0.3, 0.4) is 0 Å². The van der Waals surface area contributed by atoms with E-state index >= 15 is 0 Å². The maximum absolute atomic E-state index is 5.68. The molecule has 3 unspecified atom stereocenters. The molecule has 0 saturated carbocycles. The Kier molecular flexibility index (Phi) is 1.42. The molecule has 10 heavy (non-hydrogen) atoms. The summed E-state index contributed by atoms with van der Waals surface area (Å²) in [5.74, 6) is 0. The second-order valence-corrected chi connectivity index (χ2v) is 2.92. The van der Waals surface area contributed by atoms with Gasteiger partial charge in [0.15, 0.2) is 0 Å². The lowest BCUT2D eigenvalue weighted by molar-refractivity contribution is 0.0691. The fourth-order valence-electron chi connectivity index (χ4n) is 1.56. The molecule has 2 rings (SSSR count). The van der Waals surface area contributed by atoms with Crippen LogP contribution in [0.25, 0.3) is 0 Å². The molecule has 4 nitrogen and oxygen atoms in total. The molecule has 0 bridgehead atoms. The van der Waals surface area contributed by atoms with Crippen LogP contribution in [0.15, 0.2) is 0 Å². The maximum atomic E-state index is 5.68. The highest BCUT2D eigenvalue weighted by Crippen LogP contribution is 2.24. The minimum atomic E-state index is 0.0264. The van der Waals surface area contributed by atoms with Gasteiger partial charge in [-0.2, -0.15) is 0 Å². The predicted molar refractivity (Wildman–Crippen MR) is 35.4 cm³/mol. The molecule has 0 aromatic heterocycles. The van der Waals surface area contributed by atoms with Gasteiger partial charge in [0.2, 0.25) is 0 Å². The van der Waals surface area contributed by atoms with Gasteiger partial charge >= 0.3 is 0 Å². The van der Waals surface area contributed by atoms with Gasteiger partial charge in [0, 0.05) is 0 Å². The fourth-order valence-corrected chi connectivity index (χ4v) is 1.56. The van der Waals surface area contributed by atoms with Crippen LogP contribution >= 0.6 is 0 Å². The van der Waals surface area contributed by atoms with Gasteiger partial charge in [-0.3, -0.25) is 0 Å². The number of fused-ring (bicyclic) bond motifs is 1. The first-order chi connectivity index (χ1) is 4.79. The van der Waals surface area contributed by atoms with Crippen molar-refractivity contribution in [3.05, 3.63) is 0 Å². The molecular formula is C6H12N2O2. The van der Waals surface area contributed by atoms with Gasteiger partial charge in [-0.15, -0.1) is 0 Å². The average Bonchev–Trinajstić information content (AvgIpc) is 2.41. The van der Waals surface area contributed by atoms with E-state index in [9.17, 15) is 0 Å². The highest BCUT2D eigenvalue weighted by molar-refractivity contribution is 4.97. The molecule has 0 spiro atoms. The molecule has 58 valence electrons. The molecule has 2 aliphatic heterocycles. The van der Waals surface area contributed by atoms with Crippen LogP contribution in [0.2, 0.25) is 0 Å². The first kappa shape index (κ1) is 6.54. The lowest BCUT2D eigenvalue weighted by Gasteiger charge is -2.10. The molecule has 0 aliphatic carbocycles. The summed E-state index contributed by atoms with van der Waals surface area (Å²) in [6.45, 7) is 1.17. The second-order valence-electron chi connectivity index (χ2n) is 2.92. The van der Waals surface area contributed by atoms with Crippen molar-refractivity contribution in [3.8, 4) is 0 Å². The van der Waals surface area contributed by atoms with E-state index in [4.69, 9.17) is 20.9 Å². The molecule has 0 amide bonds. The molecule has 0 aromatic rings. The molecule has 4 N–H and O–H groups in total. The first-order valence-electron chi connectivity index (χ1n) is 3.53. The Morgan fingerprint density at radius 3 is 1.70 bits per heavy atom. The van der Waals surface area contributed by atoms with Crippen molar-refractivity contribution in [3.63, 3.8) is 0 Å². The molecule has 2 aliphatic rings. The Hall–Kier alpha value is -0.160.